The molecule has 1 atom stereocenters. The standard InChI is InChI=1S/C18H22FNO/c1-4-11-20-18(14-6-8-15(19)9-7-14)16-10-5-13(2)12-17(16)21-3/h5-10,12,18,20H,4,11H2,1-3H3. The molecule has 0 aliphatic heterocycles. The molecule has 2 nitrogen and oxygen atoms in total. The van der Waals surface area contributed by atoms with Gasteiger partial charge in [0.05, 0.1) is 13.2 Å². The summed E-state index contributed by atoms with van der Waals surface area (Å²) in [5.74, 6) is 0.636. The van der Waals surface area contributed by atoms with E-state index in [1.54, 1.807) is 7.11 Å². The highest BCUT2D eigenvalue weighted by molar-refractivity contribution is 5.43. The largest absolute Gasteiger partial charge is 0.496 e. The van der Waals surface area contributed by atoms with Gasteiger partial charge in [0.25, 0.3) is 0 Å². The van der Waals surface area contributed by atoms with Crippen molar-refractivity contribution in [3.63, 3.8) is 0 Å². The van der Waals surface area contributed by atoms with E-state index in [0.29, 0.717) is 0 Å². The number of ether oxygens (including phenoxy) is 1. The fourth-order valence-corrected chi connectivity index (χ4v) is 2.41. The Morgan fingerprint density at radius 1 is 1.14 bits per heavy atom. The second-order valence-corrected chi connectivity index (χ2v) is 5.18. The van der Waals surface area contributed by atoms with Crippen LogP contribution < -0.4 is 10.1 Å². The van der Waals surface area contributed by atoms with Crippen molar-refractivity contribution in [2.75, 3.05) is 13.7 Å². The fourth-order valence-electron chi connectivity index (χ4n) is 2.41. The molecule has 3 heteroatoms. The molecule has 1 N–H and O–H groups in total. The molecule has 0 radical (unpaired) electrons. The summed E-state index contributed by atoms with van der Waals surface area (Å²) >= 11 is 0. The number of hydrogen-bond acceptors (Lipinski definition) is 2. The molecule has 0 aliphatic carbocycles. The van der Waals surface area contributed by atoms with Crippen LogP contribution in [0.4, 0.5) is 4.39 Å². The zero-order chi connectivity index (χ0) is 15.2. The number of rotatable bonds is 6. The van der Waals surface area contributed by atoms with Gasteiger partial charge in [-0.3, -0.25) is 0 Å². The second-order valence-electron chi connectivity index (χ2n) is 5.18. The summed E-state index contributed by atoms with van der Waals surface area (Å²) in [6, 6.07) is 12.8. The molecule has 0 bridgehead atoms. The number of halogens is 1. The lowest BCUT2D eigenvalue weighted by atomic mass is 9.96. The number of benzene rings is 2. The highest BCUT2D eigenvalue weighted by Crippen LogP contribution is 2.31. The maximum atomic E-state index is 13.2. The smallest absolute Gasteiger partial charge is 0.124 e. The van der Waals surface area contributed by atoms with Crippen LogP contribution in [0.15, 0.2) is 42.5 Å². The molecular weight excluding hydrogens is 265 g/mol. The maximum Gasteiger partial charge on any atom is 0.124 e. The average molecular weight is 287 g/mol. The lowest BCUT2D eigenvalue weighted by Gasteiger charge is -2.22. The first-order valence-corrected chi connectivity index (χ1v) is 7.29. The van der Waals surface area contributed by atoms with Crippen LogP contribution in [0.2, 0.25) is 0 Å². The van der Waals surface area contributed by atoms with Crippen molar-refractivity contribution in [3.05, 3.63) is 65.0 Å². The van der Waals surface area contributed by atoms with E-state index in [4.69, 9.17) is 4.74 Å². The third kappa shape index (κ3) is 3.82. The molecule has 0 aromatic heterocycles. The van der Waals surface area contributed by atoms with Gasteiger partial charge in [-0.25, -0.2) is 4.39 Å². The van der Waals surface area contributed by atoms with Crippen LogP contribution in [0.25, 0.3) is 0 Å². The summed E-state index contributed by atoms with van der Waals surface area (Å²) in [5, 5.41) is 3.51. The minimum Gasteiger partial charge on any atom is -0.496 e. The maximum absolute atomic E-state index is 13.2. The van der Waals surface area contributed by atoms with E-state index in [9.17, 15) is 4.39 Å². The predicted octanol–water partition coefficient (Wildman–Crippen LogP) is 4.23. The molecule has 2 aromatic rings. The fraction of sp³-hybridized carbons (Fsp3) is 0.333. The van der Waals surface area contributed by atoms with Crippen LogP contribution in [0.3, 0.4) is 0 Å². The van der Waals surface area contributed by atoms with E-state index >= 15 is 0 Å². The van der Waals surface area contributed by atoms with E-state index < -0.39 is 0 Å². The lowest BCUT2D eigenvalue weighted by Crippen LogP contribution is -2.23. The van der Waals surface area contributed by atoms with E-state index in [1.807, 2.05) is 25.1 Å². The number of methoxy groups -OCH3 is 1. The summed E-state index contributed by atoms with van der Waals surface area (Å²) in [5.41, 5.74) is 3.26. The van der Waals surface area contributed by atoms with Gasteiger partial charge in [0.1, 0.15) is 11.6 Å². The molecule has 0 fully saturated rings. The summed E-state index contributed by atoms with van der Waals surface area (Å²) in [6.45, 7) is 5.05. The third-order valence-corrected chi connectivity index (χ3v) is 3.50. The van der Waals surface area contributed by atoms with Crippen LogP contribution in [-0.2, 0) is 0 Å². The van der Waals surface area contributed by atoms with Crippen LogP contribution in [0.5, 0.6) is 5.75 Å². The summed E-state index contributed by atoms with van der Waals surface area (Å²) in [7, 11) is 1.68. The summed E-state index contributed by atoms with van der Waals surface area (Å²) < 4.78 is 18.7. The van der Waals surface area contributed by atoms with Crippen LogP contribution >= 0.6 is 0 Å². The molecule has 0 saturated heterocycles. The Bertz CT molecular complexity index is 580. The number of nitrogens with one attached hydrogen (secondary N) is 1. The van der Waals surface area contributed by atoms with Crippen LogP contribution in [0.1, 0.15) is 36.1 Å². The molecule has 112 valence electrons. The predicted molar refractivity (Wildman–Crippen MR) is 84.3 cm³/mol. The zero-order valence-corrected chi connectivity index (χ0v) is 12.8. The molecular formula is C18H22FNO. The Morgan fingerprint density at radius 2 is 1.86 bits per heavy atom. The highest BCUT2D eigenvalue weighted by atomic mass is 19.1. The Hall–Kier alpha value is -1.87. The Balaban J connectivity index is 2.42. The van der Waals surface area contributed by atoms with Crippen LogP contribution in [0, 0.1) is 12.7 Å². The first kappa shape index (κ1) is 15.5. The summed E-state index contributed by atoms with van der Waals surface area (Å²) in [4.78, 5) is 0. The van der Waals surface area contributed by atoms with Gasteiger partial charge in [-0.2, -0.15) is 0 Å². The van der Waals surface area contributed by atoms with Crippen molar-refractivity contribution in [1.29, 1.82) is 0 Å². The molecule has 0 saturated carbocycles. The van der Waals surface area contributed by atoms with E-state index in [0.717, 1.165) is 35.4 Å². The number of hydrogen-bond donors (Lipinski definition) is 1. The van der Waals surface area contributed by atoms with E-state index in [-0.39, 0.29) is 11.9 Å². The Morgan fingerprint density at radius 3 is 2.48 bits per heavy atom. The molecule has 0 aliphatic rings. The Kier molecular flexibility index (Phi) is 5.34. The van der Waals surface area contributed by atoms with Gasteiger partial charge in [0.2, 0.25) is 0 Å². The molecule has 0 spiro atoms. The van der Waals surface area contributed by atoms with Gasteiger partial charge in [0.15, 0.2) is 0 Å². The molecule has 2 rings (SSSR count). The van der Waals surface area contributed by atoms with Crippen molar-refractivity contribution in [3.8, 4) is 5.75 Å². The topological polar surface area (TPSA) is 21.3 Å². The summed E-state index contributed by atoms with van der Waals surface area (Å²) in [6.07, 6.45) is 1.03. The van der Waals surface area contributed by atoms with Gasteiger partial charge in [-0.15, -0.1) is 0 Å². The average Bonchev–Trinajstić information content (AvgIpc) is 2.50. The molecule has 21 heavy (non-hydrogen) atoms. The molecule has 0 heterocycles. The first-order chi connectivity index (χ1) is 10.2. The normalized spacial score (nSPS) is 12.2. The molecule has 0 amide bonds. The van der Waals surface area contributed by atoms with Crippen molar-refractivity contribution in [1.82, 2.24) is 5.32 Å². The molecule has 1 unspecified atom stereocenters. The zero-order valence-electron chi connectivity index (χ0n) is 12.8. The van der Waals surface area contributed by atoms with Gasteiger partial charge >= 0.3 is 0 Å². The van der Waals surface area contributed by atoms with Gasteiger partial charge in [-0.05, 0) is 49.2 Å². The Labute approximate surface area is 126 Å². The van der Waals surface area contributed by atoms with Crippen molar-refractivity contribution >= 4 is 0 Å². The van der Waals surface area contributed by atoms with E-state index in [2.05, 4.69) is 24.4 Å². The first-order valence-electron chi connectivity index (χ1n) is 7.29. The van der Waals surface area contributed by atoms with Crippen molar-refractivity contribution in [2.45, 2.75) is 26.3 Å². The van der Waals surface area contributed by atoms with Gasteiger partial charge in [0, 0.05) is 5.56 Å². The highest BCUT2D eigenvalue weighted by Gasteiger charge is 2.17. The third-order valence-electron chi connectivity index (χ3n) is 3.50. The quantitative estimate of drug-likeness (QED) is 0.858. The van der Waals surface area contributed by atoms with Crippen molar-refractivity contribution in [2.24, 2.45) is 0 Å². The van der Waals surface area contributed by atoms with Gasteiger partial charge in [-0.1, -0.05) is 31.2 Å². The SMILES string of the molecule is CCCNC(c1ccc(F)cc1)c1ccc(C)cc1OC. The minimum atomic E-state index is -0.219. The van der Waals surface area contributed by atoms with E-state index in [1.165, 1.54) is 12.1 Å². The van der Waals surface area contributed by atoms with Crippen molar-refractivity contribution < 1.29 is 9.13 Å². The monoisotopic (exact) mass is 287 g/mol. The van der Waals surface area contributed by atoms with Gasteiger partial charge < -0.3 is 10.1 Å². The second kappa shape index (κ2) is 7.23. The molecule has 2 aromatic carbocycles. The lowest BCUT2D eigenvalue weighted by molar-refractivity contribution is 0.403. The van der Waals surface area contributed by atoms with Crippen LogP contribution in [-0.4, -0.2) is 13.7 Å². The minimum absolute atomic E-state index is 0.00102. The number of aryl methyl sites for hydroxylation is 1.